The number of aromatic nitrogens is 2. The van der Waals surface area contributed by atoms with Gasteiger partial charge < -0.3 is 18.9 Å². The first-order valence-electron chi connectivity index (χ1n) is 12.4. The molecule has 1 aliphatic heterocycles. The highest BCUT2D eigenvalue weighted by Gasteiger charge is 2.34. The third kappa shape index (κ3) is 6.77. The average Bonchev–Trinajstić information content (AvgIpc) is 3.20. The summed E-state index contributed by atoms with van der Waals surface area (Å²) in [5.74, 6) is 1.37. The van der Waals surface area contributed by atoms with Crippen LogP contribution in [0.15, 0.2) is 54.9 Å². The van der Waals surface area contributed by atoms with E-state index in [4.69, 9.17) is 18.9 Å². The minimum absolute atomic E-state index is 0.268. The molecule has 36 heavy (non-hydrogen) atoms. The smallest absolute Gasteiger partial charge is 0.165 e. The molecule has 8 heteroatoms. The van der Waals surface area contributed by atoms with E-state index < -0.39 is 5.60 Å². The summed E-state index contributed by atoms with van der Waals surface area (Å²) in [6.07, 6.45) is 6.48. The first-order chi connectivity index (χ1) is 17.5. The Morgan fingerprint density at radius 1 is 1.00 bits per heavy atom. The molecule has 4 rings (SSSR count). The SMILES string of the molecule is COc1cc(CN2CCC[C@](COc3ccccc3F)(OC)CC2)ccc1OCCn1cc(C)cn1. The largest absolute Gasteiger partial charge is 0.493 e. The first kappa shape index (κ1) is 26.0. The van der Waals surface area contributed by atoms with Crippen molar-refractivity contribution in [2.75, 3.05) is 40.5 Å². The van der Waals surface area contributed by atoms with Crippen LogP contribution in [0.4, 0.5) is 4.39 Å². The topological polar surface area (TPSA) is 58.0 Å². The van der Waals surface area contributed by atoms with E-state index in [0.717, 1.165) is 61.5 Å². The molecule has 1 aliphatic rings. The molecule has 0 N–H and O–H groups in total. The van der Waals surface area contributed by atoms with E-state index in [1.54, 1.807) is 32.4 Å². The third-order valence-corrected chi connectivity index (χ3v) is 6.73. The van der Waals surface area contributed by atoms with Crippen molar-refractivity contribution in [2.24, 2.45) is 0 Å². The fourth-order valence-corrected chi connectivity index (χ4v) is 4.59. The lowest BCUT2D eigenvalue weighted by atomic mass is 9.95. The van der Waals surface area contributed by atoms with Crippen molar-refractivity contribution in [1.29, 1.82) is 0 Å². The van der Waals surface area contributed by atoms with Crippen molar-refractivity contribution in [3.05, 3.63) is 71.8 Å². The Hall–Kier alpha value is -3.10. The molecule has 0 amide bonds. The zero-order valence-corrected chi connectivity index (χ0v) is 21.4. The van der Waals surface area contributed by atoms with Crippen LogP contribution in [0, 0.1) is 12.7 Å². The lowest BCUT2D eigenvalue weighted by Gasteiger charge is -2.31. The van der Waals surface area contributed by atoms with Gasteiger partial charge in [0.2, 0.25) is 0 Å². The summed E-state index contributed by atoms with van der Waals surface area (Å²) in [5.41, 5.74) is 1.86. The second-order valence-corrected chi connectivity index (χ2v) is 9.35. The van der Waals surface area contributed by atoms with E-state index in [1.165, 1.54) is 6.07 Å². The Bertz CT molecular complexity index is 1120. The number of aryl methyl sites for hydroxylation is 1. The lowest BCUT2D eigenvalue weighted by Crippen LogP contribution is -2.39. The van der Waals surface area contributed by atoms with Gasteiger partial charge in [0.15, 0.2) is 23.1 Å². The van der Waals surface area contributed by atoms with Crippen LogP contribution in [-0.4, -0.2) is 60.8 Å². The predicted octanol–water partition coefficient (Wildman–Crippen LogP) is 4.87. The summed E-state index contributed by atoms with van der Waals surface area (Å²) < 4.78 is 39.2. The summed E-state index contributed by atoms with van der Waals surface area (Å²) in [4.78, 5) is 2.42. The van der Waals surface area contributed by atoms with Crippen LogP contribution >= 0.6 is 0 Å². The number of rotatable bonds is 11. The van der Waals surface area contributed by atoms with Gasteiger partial charge in [-0.05, 0) is 68.1 Å². The van der Waals surface area contributed by atoms with E-state index in [2.05, 4.69) is 16.1 Å². The number of halogens is 1. The molecule has 3 aromatic rings. The summed E-state index contributed by atoms with van der Waals surface area (Å²) in [6.45, 7) is 6.15. The van der Waals surface area contributed by atoms with E-state index in [1.807, 2.05) is 36.1 Å². The van der Waals surface area contributed by atoms with Gasteiger partial charge in [-0.2, -0.15) is 5.10 Å². The van der Waals surface area contributed by atoms with Crippen molar-refractivity contribution in [1.82, 2.24) is 14.7 Å². The minimum Gasteiger partial charge on any atom is -0.493 e. The minimum atomic E-state index is -0.431. The summed E-state index contributed by atoms with van der Waals surface area (Å²) in [5, 5.41) is 4.29. The summed E-state index contributed by atoms with van der Waals surface area (Å²) >= 11 is 0. The molecule has 1 aromatic heterocycles. The van der Waals surface area contributed by atoms with Crippen molar-refractivity contribution < 1.29 is 23.3 Å². The van der Waals surface area contributed by atoms with Gasteiger partial charge in [0.25, 0.3) is 0 Å². The second-order valence-electron chi connectivity index (χ2n) is 9.35. The molecule has 1 fully saturated rings. The molecule has 0 saturated carbocycles. The standard InChI is InChI=1S/C28H36FN3O4/c1-22-18-30-32(19-22)15-16-35-26-10-9-23(17-27(26)33-2)20-31-13-6-11-28(34-3,12-14-31)21-36-25-8-5-4-7-24(25)29/h4-5,7-10,17-19H,6,11-16,20-21H2,1-3H3/t28-/m0/s1. The number of benzene rings is 2. The average molecular weight is 498 g/mol. The molecular weight excluding hydrogens is 461 g/mol. The molecule has 0 spiro atoms. The normalized spacial score (nSPS) is 18.6. The third-order valence-electron chi connectivity index (χ3n) is 6.73. The fraction of sp³-hybridized carbons (Fsp3) is 0.464. The highest BCUT2D eigenvalue weighted by atomic mass is 19.1. The number of para-hydroxylation sites is 1. The van der Waals surface area contributed by atoms with Crippen LogP contribution < -0.4 is 14.2 Å². The Labute approximate surface area is 212 Å². The molecule has 1 saturated heterocycles. The Morgan fingerprint density at radius 2 is 1.86 bits per heavy atom. The lowest BCUT2D eigenvalue weighted by molar-refractivity contribution is -0.0548. The Morgan fingerprint density at radius 3 is 2.61 bits per heavy atom. The van der Waals surface area contributed by atoms with Gasteiger partial charge in [-0.25, -0.2) is 4.39 Å². The van der Waals surface area contributed by atoms with Gasteiger partial charge in [0, 0.05) is 26.4 Å². The molecule has 0 aliphatic carbocycles. The van der Waals surface area contributed by atoms with Gasteiger partial charge in [0.05, 0.1) is 19.9 Å². The molecule has 0 unspecified atom stereocenters. The first-order valence-corrected chi connectivity index (χ1v) is 12.4. The molecule has 0 radical (unpaired) electrons. The molecule has 2 aromatic carbocycles. The van der Waals surface area contributed by atoms with Gasteiger partial charge in [-0.3, -0.25) is 9.58 Å². The van der Waals surface area contributed by atoms with Crippen LogP contribution in [0.2, 0.25) is 0 Å². The van der Waals surface area contributed by atoms with E-state index >= 15 is 0 Å². The predicted molar refractivity (Wildman–Crippen MR) is 136 cm³/mol. The van der Waals surface area contributed by atoms with Crippen LogP contribution in [0.25, 0.3) is 0 Å². The van der Waals surface area contributed by atoms with Crippen molar-refractivity contribution >= 4 is 0 Å². The van der Waals surface area contributed by atoms with E-state index in [-0.39, 0.29) is 11.6 Å². The zero-order chi connectivity index (χ0) is 25.4. The van der Waals surface area contributed by atoms with Crippen molar-refractivity contribution in [2.45, 2.75) is 44.9 Å². The molecule has 7 nitrogen and oxygen atoms in total. The number of hydrogen-bond donors (Lipinski definition) is 0. The number of hydrogen-bond acceptors (Lipinski definition) is 6. The zero-order valence-electron chi connectivity index (χ0n) is 21.4. The highest BCUT2D eigenvalue weighted by Crippen LogP contribution is 2.31. The van der Waals surface area contributed by atoms with Gasteiger partial charge in [-0.1, -0.05) is 18.2 Å². The Kier molecular flexibility index (Phi) is 8.83. The number of nitrogens with zero attached hydrogens (tertiary/aromatic N) is 3. The summed E-state index contributed by atoms with van der Waals surface area (Å²) in [7, 11) is 3.38. The number of methoxy groups -OCH3 is 2. The Balaban J connectivity index is 1.31. The van der Waals surface area contributed by atoms with Crippen LogP contribution in [0.3, 0.4) is 0 Å². The van der Waals surface area contributed by atoms with Crippen LogP contribution in [0.1, 0.15) is 30.4 Å². The maximum Gasteiger partial charge on any atom is 0.165 e. The molecule has 0 bridgehead atoms. The number of likely N-dealkylation sites (tertiary alicyclic amines) is 1. The van der Waals surface area contributed by atoms with Gasteiger partial charge >= 0.3 is 0 Å². The number of ether oxygens (including phenoxy) is 4. The van der Waals surface area contributed by atoms with Gasteiger partial charge in [-0.15, -0.1) is 0 Å². The maximum absolute atomic E-state index is 14.0. The monoisotopic (exact) mass is 497 g/mol. The van der Waals surface area contributed by atoms with Gasteiger partial charge in [0.1, 0.15) is 18.8 Å². The summed E-state index contributed by atoms with van der Waals surface area (Å²) in [6, 6.07) is 12.6. The van der Waals surface area contributed by atoms with Crippen molar-refractivity contribution in [3.8, 4) is 17.2 Å². The second kappa shape index (κ2) is 12.2. The van der Waals surface area contributed by atoms with Crippen LogP contribution in [0.5, 0.6) is 17.2 Å². The molecule has 194 valence electrons. The molecular formula is C28H36FN3O4. The quantitative estimate of drug-likeness (QED) is 0.377. The van der Waals surface area contributed by atoms with Crippen molar-refractivity contribution in [3.63, 3.8) is 0 Å². The van der Waals surface area contributed by atoms with E-state index in [0.29, 0.717) is 19.8 Å². The fourth-order valence-electron chi connectivity index (χ4n) is 4.59. The molecule has 2 heterocycles. The highest BCUT2D eigenvalue weighted by molar-refractivity contribution is 5.43. The van der Waals surface area contributed by atoms with Crippen LogP contribution in [-0.2, 0) is 17.8 Å². The van der Waals surface area contributed by atoms with E-state index in [9.17, 15) is 4.39 Å². The molecule has 1 atom stereocenters. The maximum atomic E-state index is 14.0.